The van der Waals surface area contributed by atoms with Crippen LogP contribution in [0.2, 0.25) is 0 Å². The van der Waals surface area contributed by atoms with Gasteiger partial charge in [0.1, 0.15) is 0 Å². The Balaban J connectivity index is 2.29. The van der Waals surface area contributed by atoms with E-state index in [0.29, 0.717) is 17.8 Å². The fourth-order valence-electron chi connectivity index (χ4n) is 2.35. The van der Waals surface area contributed by atoms with Crippen LogP contribution in [-0.4, -0.2) is 27.8 Å². The molecule has 6 heteroatoms. The Bertz CT molecular complexity index is 763. The topological polar surface area (TPSA) is 73.2 Å². The quantitative estimate of drug-likeness (QED) is 0.854. The van der Waals surface area contributed by atoms with Gasteiger partial charge in [-0.15, -0.1) is 0 Å². The van der Waals surface area contributed by atoms with Crippen LogP contribution in [0.3, 0.4) is 0 Å². The normalized spacial score (nSPS) is 10.8. The largest absolute Gasteiger partial charge is 0.458 e. The first-order valence-corrected chi connectivity index (χ1v) is 7.98. The maximum Gasteiger partial charge on any atom is 0.361 e. The van der Waals surface area contributed by atoms with E-state index in [9.17, 15) is 9.59 Å². The van der Waals surface area contributed by atoms with Crippen molar-refractivity contribution in [1.29, 1.82) is 0 Å². The standard InChI is InChI=1S/C18H23N3O3/c1-6-21-10-15(16(20-21)18(23)24-11(2)3)19-17(22)14-8-7-12(4)9-13(14)5/h7-11H,6H2,1-5H3,(H,19,22). The van der Waals surface area contributed by atoms with Crippen LogP contribution in [0.25, 0.3) is 0 Å². The second-order valence-electron chi connectivity index (χ2n) is 5.97. The molecule has 0 fully saturated rings. The van der Waals surface area contributed by atoms with E-state index in [1.165, 1.54) is 0 Å². The highest BCUT2D eigenvalue weighted by molar-refractivity contribution is 6.08. The number of carbonyl (C=O) groups excluding carboxylic acids is 2. The number of nitrogens with one attached hydrogen (secondary N) is 1. The number of ether oxygens (including phenoxy) is 1. The van der Waals surface area contributed by atoms with Crippen molar-refractivity contribution < 1.29 is 14.3 Å². The van der Waals surface area contributed by atoms with Gasteiger partial charge in [-0.2, -0.15) is 5.10 Å². The van der Waals surface area contributed by atoms with Gasteiger partial charge in [0.2, 0.25) is 0 Å². The molecule has 0 unspecified atom stereocenters. The van der Waals surface area contributed by atoms with Crippen molar-refractivity contribution in [1.82, 2.24) is 9.78 Å². The number of hydrogen-bond donors (Lipinski definition) is 1. The lowest BCUT2D eigenvalue weighted by Crippen LogP contribution is -2.18. The second kappa shape index (κ2) is 7.29. The fraction of sp³-hybridized carbons (Fsp3) is 0.389. The Hall–Kier alpha value is -2.63. The first-order chi connectivity index (χ1) is 11.3. The van der Waals surface area contributed by atoms with Gasteiger partial charge in [0, 0.05) is 18.3 Å². The van der Waals surface area contributed by atoms with Crippen molar-refractivity contribution >= 4 is 17.6 Å². The zero-order chi connectivity index (χ0) is 17.9. The van der Waals surface area contributed by atoms with E-state index in [-0.39, 0.29) is 17.7 Å². The summed E-state index contributed by atoms with van der Waals surface area (Å²) in [5.41, 5.74) is 3.00. The summed E-state index contributed by atoms with van der Waals surface area (Å²) >= 11 is 0. The Morgan fingerprint density at radius 1 is 1.29 bits per heavy atom. The van der Waals surface area contributed by atoms with Crippen LogP contribution >= 0.6 is 0 Å². The molecule has 1 heterocycles. The van der Waals surface area contributed by atoms with E-state index in [4.69, 9.17) is 4.74 Å². The molecule has 0 radical (unpaired) electrons. The minimum Gasteiger partial charge on any atom is -0.458 e. The second-order valence-corrected chi connectivity index (χ2v) is 5.97. The van der Waals surface area contributed by atoms with Crippen molar-refractivity contribution in [2.75, 3.05) is 5.32 Å². The number of aromatic nitrogens is 2. The molecule has 0 aliphatic heterocycles. The van der Waals surface area contributed by atoms with Crippen LogP contribution < -0.4 is 5.32 Å². The predicted octanol–water partition coefficient (Wildman–Crippen LogP) is 3.34. The van der Waals surface area contributed by atoms with Gasteiger partial charge in [-0.25, -0.2) is 4.79 Å². The van der Waals surface area contributed by atoms with Crippen molar-refractivity contribution in [2.24, 2.45) is 0 Å². The summed E-state index contributed by atoms with van der Waals surface area (Å²) in [6.07, 6.45) is 1.38. The first-order valence-electron chi connectivity index (χ1n) is 7.98. The molecule has 1 N–H and O–H groups in total. The Labute approximate surface area is 141 Å². The molecule has 0 saturated heterocycles. The number of anilines is 1. The summed E-state index contributed by atoms with van der Waals surface area (Å²) in [4.78, 5) is 24.7. The monoisotopic (exact) mass is 329 g/mol. The van der Waals surface area contributed by atoms with Crippen molar-refractivity contribution in [3.8, 4) is 0 Å². The molecule has 24 heavy (non-hydrogen) atoms. The third-order valence-corrected chi connectivity index (χ3v) is 3.50. The molecule has 1 amide bonds. The van der Waals surface area contributed by atoms with Crippen LogP contribution in [0.1, 0.15) is 52.7 Å². The molecular weight excluding hydrogens is 306 g/mol. The van der Waals surface area contributed by atoms with Crippen LogP contribution in [0, 0.1) is 13.8 Å². The number of aryl methyl sites for hydroxylation is 3. The first kappa shape index (κ1) is 17.7. The van der Waals surface area contributed by atoms with Crippen molar-refractivity contribution in [2.45, 2.75) is 47.3 Å². The highest BCUT2D eigenvalue weighted by Gasteiger charge is 2.21. The van der Waals surface area contributed by atoms with E-state index in [2.05, 4.69) is 10.4 Å². The number of rotatable bonds is 5. The summed E-state index contributed by atoms with van der Waals surface area (Å²) in [5.74, 6) is -0.824. The van der Waals surface area contributed by atoms with Gasteiger partial charge in [-0.1, -0.05) is 17.7 Å². The number of nitrogens with zero attached hydrogens (tertiary/aromatic N) is 2. The molecule has 2 rings (SSSR count). The summed E-state index contributed by atoms with van der Waals surface area (Å²) in [6.45, 7) is 9.87. The van der Waals surface area contributed by atoms with E-state index >= 15 is 0 Å². The number of carbonyl (C=O) groups is 2. The van der Waals surface area contributed by atoms with E-state index < -0.39 is 5.97 Å². The fourth-order valence-corrected chi connectivity index (χ4v) is 2.35. The van der Waals surface area contributed by atoms with Gasteiger partial charge in [-0.05, 0) is 46.2 Å². The minimum atomic E-state index is -0.548. The molecule has 2 aromatic rings. The molecule has 0 aliphatic carbocycles. The van der Waals surface area contributed by atoms with Crippen LogP contribution in [0.4, 0.5) is 5.69 Å². The molecule has 0 saturated carbocycles. The van der Waals surface area contributed by atoms with Gasteiger partial charge >= 0.3 is 5.97 Å². The third kappa shape index (κ3) is 4.01. The number of benzene rings is 1. The van der Waals surface area contributed by atoms with Crippen LogP contribution in [0.5, 0.6) is 0 Å². The lowest BCUT2D eigenvalue weighted by atomic mass is 10.1. The van der Waals surface area contributed by atoms with Crippen LogP contribution in [0.15, 0.2) is 24.4 Å². The van der Waals surface area contributed by atoms with E-state index in [1.54, 1.807) is 30.8 Å². The van der Waals surface area contributed by atoms with E-state index in [1.807, 2.05) is 32.9 Å². The van der Waals surface area contributed by atoms with Gasteiger partial charge in [-0.3, -0.25) is 9.48 Å². The molecule has 128 valence electrons. The van der Waals surface area contributed by atoms with Gasteiger partial charge in [0.25, 0.3) is 5.91 Å². The average molecular weight is 329 g/mol. The Kier molecular flexibility index (Phi) is 5.39. The summed E-state index contributed by atoms with van der Waals surface area (Å²) < 4.78 is 6.79. The van der Waals surface area contributed by atoms with Gasteiger partial charge < -0.3 is 10.1 Å². The van der Waals surface area contributed by atoms with Gasteiger partial charge in [0.05, 0.1) is 11.8 Å². The lowest BCUT2D eigenvalue weighted by molar-refractivity contribution is 0.0371. The molecule has 0 bridgehead atoms. The molecule has 0 atom stereocenters. The highest BCUT2D eigenvalue weighted by atomic mass is 16.5. The van der Waals surface area contributed by atoms with Crippen molar-refractivity contribution in [3.63, 3.8) is 0 Å². The average Bonchev–Trinajstić information content (AvgIpc) is 2.89. The molecule has 0 spiro atoms. The number of amides is 1. The highest BCUT2D eigenvalue weighted by Crippen LogP contribution is 2.19. The molecule has 1 aromatic heterocycles. The Morgan fingerprint density at radius 2 is 2.00 bits per heavy atom. The maximum absolute atomic E-state index is 12.5. The van der Waals surface area contributed by atoms with Gasteiger partial charge in [0.15, 0.2) is 5.69 Å². The molecule has 0 aliphatic rings. The minimum absolute atomic E-state index is 0.115. The summed E-state index contributed by atoms with van der Waals surface area (Å²) in [7, 11) is 0. The SMILES string of the molecule is CCn1cc(NC(=O)c2ccc(C)cc2C)c(C(=O)OC(C)C)n1. The third-order valence-electron chi connectivity index (χ3n) is 3.50. The smallest absolute Gasteiger partial charge is 0.361 e. The van der Waals surface area contributed by atoms with Crippen LogP contribution in [-0.2, 0) is 11.3 Å². The zero-order valence-electron chi connectivity index (χ0n) is 14.7. The van der Waals surface area contributed by atoms with E-state index in [0.717, 1.165) is 11.1 Å². The zero-order valence-corrected chi connectivity index (χ0v) is 14.7. The Morgan fingerprint density at radius 3 is 2.58 bits per heavy atom. The maximum atomic E-state index is 12.5. The number of hydrogen-bond acceptors (Lipinski definition) is 4. The molecule has 1 aromatic carbocycles. The van der Waals surface area contributed by atoms with Crippen molar-refractivity contribution in [3.05, 3.63) is 46.8 Å². The number of esters is 1. The predicted molar refractivity (Wildman–Crippen MR) is 92.3 cm³/mol. The molecular formula is C18H23N3O3. The molecule has 6 nitrogen and oxygen atoms in total. The summed E-state index contributed by atoms with van der Waals surface area (Å²) in [5, 5.41) is 6.97. The lowest BCUT2D eigenvalue weighted by Gasteiger charge is -2.09. The summed E-state index contributed by atoms with van der Waals surface area (Å²) in [6, 6.07) is 5.60.